The molecule has 0 aliphatic rings. The molecule has 6 rings (SSSR count). The van der Waals surface area contributed by atoms with Crippen molar-refractivity contribution in [1.82, 2.24) is 24.4 Å². The second-order valence-electron chi connectivity index (χ2n) is 9.22. The van der Waals surface area contributed by atoms with Crippen LogP contribution in [0.15, 0.2) is 101 Å². The highest BCUT2D eigenvalue weighted by atomic mass is 32.1. The van der Waals surface area contributed by atoms with Crippen LogP contribution >= 0.6 is 11.3 Å². The zero-order valence-electron chi connectivity index (χ0n) is 21.7. The van der Waals surface area contributed by atoms with Gasteiger partial charge in [0.2, 0.25) is 4.96 Å². The third-order valence-electron chi connectivity index (χ3n) is 6.32. The summed E-state index contributed by atoms with van der Waals surface area (Å²) in [6, 6.07) is 27.1. The molecule has 8 nitrogen and oxygen atoms in total. The lowest BCUT2D eigenvalue weighted by atomic mass is 10.1. The maximum Gasteiger partial charge on any atom is 0.296 e. The Hall–Kier alpha value is -4.89. The molecule has 0 aliphatic carbocycles. The first-order valence-corrected chi connectivity index (χ1v) is 13.8. The summed E-state index contributed by atoms with van der Waals surface area (Å²) in [7, 11) is 0. The van der Waals surface area contributed by atoms with Crippen molar-refractivity contribution in [2.45, 2.75) is 19.8 Å². The van der Waals surface area contributed by atoms with Crippen molar-refractivity contribution in [2.75, 3.05) is 6.61 Å². The van der Waals surface area contributed by atoms with Crippen LogP contribution in [-0.2, 0) is 6.42 Å². The molecule has 0 amide bonds. The largest absolute Gasteiger partial charge is 0.494 e. The van der Waals surface area contributed by atoms with Crippen molar-refractivity contribution in [3.63, 3.8) is 0 Å². The van der Waals surface area contributed by atoms with E-state index in [0.29, 0.717) is 23.3 Å². The van der Waals surface area contributed by atoms with E-state index in [1.807, 2.05) is 91.1 Å². The molecule has 0 aliphatic heterocycles. The monoisotopic (exact) mass is 547 g/mol. The van der Waals surface area contributed by atoms with E-state index >= 15 is 0 Å². The first-order valence-electron chi connectivity index (χ1n) is 13.0. The molecule has 0 unspecified atom stereocenters. The van der Waals surface area contributed by atoms with Gasteiger partial charge in [0.25, 0.3) is 11.1 Å². The number of benzene rings is 3. The van der Waals surface area contributed by atoms with E-state index in [1.165, 1.54) is 4.52 Å². The van der Waals surface area contributed by atoms with Crippen LogP contribution < -0.4 is 20.4 Å². The van der Waals surface area contributed by atoms with E-state index in [4.69, 9.17) is 9.84 Å². The first kappa shape index (κ1) is 25.4. The molecule has 198 valence electrons. The number of hydrogen-bond acceptors (Lipinski definition) is 7. The zero-order chi connectivity index (χ0) is 27.5. The fourth-order valence-corrected chi connectivity index (χ4v) is 5.24. The number of para-hydroxylation sites is 1. The molecule has 9 heteroatoms. The smallest absolute Gasteiger partial charge is 0.296 e. The van der Waals surface area contributed by atoms with Crippen molar-refractivity contribution < 1.29 is 4.74 Å². The number of aromatic nitrogens is 5. The summed E-state index contributed by atoms with van der Waals surface area (Å²) in [5, 5.41) is 9.24. The van der Waals surface area contributed by atoms with Crippen LogP contribution in [-0.4, -0.2) is 31.0 Å². The molecular formula is C31H25N5O3S. The molecule has 3 aromatic heterocycles. The zero-order valence-corrected chi connectivity index (χ0v) is 22.5. The van der Waals surface area contributed by atoms with Gasteiger partial charge in [-0.05, 0) is 54.5 Å². The first-order chi connectivity index (χ1) is 19.6. The normalized spacial score (nSPS) is 11.8. The van der Waals surface area contributed by atoms with Gasteiger partial charge in [0.15, 0.2) is 0 Å². The van der Waals surface area contributed by atoms with Crippen LogP contribution in [0.25, 0.3) is 28.0 Å². The summed E-state index contributed by atoms with van der Waals surface area (Å²) in [5.41, 5.74) is 3.63. The lowest BCUT2D eigenvalue weighted by Gasteiger charge is -2.05. The average molecular weight is 548 g/mol. The Morgan fingerprint density at radius 3 is 2.35 bits per heavy atom. The fourth-order valence-electron chi connectivity index (χ4n) is 4.34. The van der Waals surface area contributed by atoms with E-state index in [1.54, 1.807) is 10.8 Å². The van der Waals surface area contributed by atoms with E-state index in [2.05, 4.69) is 17.0 Å². The van der Waals surface area contributed by atoms with Gasteiger partial charge >= 0.3 is 0 Å². The van der Waals surface area contributed by atoms with Gasteiger partial charge in [-0.1, -0.05) is 66.8 Å². The molecular weight excluding hydrogens is 522 g/mol. The van der Waals surface area contributed by atoms with E-state index in [0.717, 1.165) is 45.9 Å². The number of fused-ring (bicyclic) bond motifs is 1. The van der Waals surface area contributed by atoms with E-state index in [9.17, 15) is 9.59 Å². The standard InChI is InChI=1S/C31H25N5O3S/c1-2-17-39-25-15-13-22(14-16-25)28-23(20-35(34-28)24-11-7-4-8-12-24)19-27-30(38)36-31(40-27)32-29(37)26(33-36)18-21-9-5-3-6-10-21/h3-16,19-20H,2,17-18H2,1H3. The van der Waals surface area contributed by atoms with Gasteiger partial charge in [0.05, 0.1) is 16.8 Å². The third-order valence-corrected chi connectivity index (χ3v) is 7.27. The molecule has 40 heavy (non-hydrogen) atoms. The molecule has 0 atom stereocenters. The van der Waals surface area contributed by atoms with Crippen LogP contribution in [0.1, 0.15) is 30.2 Å². The number of ether oxygens (including phenoxy) is 1. The molecule has 0 fully saturated rings. The van der Waals surface area contributed by atoms with Crippen LogP contribution in [0.2, 0.25) is 0 Å². The summed E-state index contributed by atoms with van der Waals surface area (Å²) < 4.78 is 9.16. The molecule has 0 bridgehead atoms. The van der Waals surface area contributed by atoms with Crippen molar-refractivity contribution in [3.05, 3.63) is 133 Å². The van der Waals surface area contributed by atoms with Crippen molar-refractivity contribution in [1.29, 1.82) is 0 Å². The minimum Gasteiger partial charge on any atom is -0.494 e. The average Bonchev–Trinajstić information content (AvgIpc) is 3.54. The van der Waals surface area contributed by atoms with Gasteiger partial charge in [0, 0.05) is 23.7 Å². The fraction of sp³-hybridized carbons (Fsp3) is 0.129. The quantitative estimate of drug-likeness (QED) is 0.282. The van der Waals surface area contributed by atoms with Gasteiger partial charge in [-0.3, -0.25) is 9.59 Å². The summed E-state index contributed by atoms with van der Waals surface area (Å²) in [6.45, 7) is 2.72. The highest BCUT2D eigenvalue weighted by molar-refractivity contribution is 7.15. The maximum atomic E-state index is 13.4. The summed E-state index contributed by atoms with van der Waals surface area (Å²) >= 11 is 1.13. The van der Waals surface area contributed by atoms with Gasteiger partial charge < -0.3 is 4.74 Å². The summed E-state index contributed by atoms with van der Waals surface area (Å²) in [6.07, 6.45) is 4.91. The Morgan fingerprint density at radius 1 is 0.900 bits per heavy atom. The Kier molecular flexibility index (Phi) is 7.03. The van der Waals surface area contributed by atoms with E-state index < -0.39 is 5.56 Å². The van der Waals surface area contributed by atoms with Crippen LogP contribution in [0.4, 0.5) is 0 Å². The lowest BCUT2D eigenvalue weighted by molar-refractivity contribution is 0.317. The minimum absolute atomic E-state index is 0.230. The molecule has 3 heterocycles. The highest BCUT2D eigenvalue weighted by Gasteiger charge is 2.15. The number of rotatable bonds is 8. The molecule has 0 N–H and O–H groups in total. The number of nitrogens with zero attached hydrogens (tertiary/aromatic N) is 5. The topological polar surface area (TPSA) is 91.4 Å². The molecule has 3 aromatic carbocycles. The van der Waals surface area contributed by atoms with Gasteiger partial charge in [-0.25, -0.2) is 4.68 Å². The Morgan fingerprint density at radius 2 is 1.62 bits per heavy atom. The second-order valence-corrected chi connectivity index (χ2v) is 10.2. The molecule has 6 aromatic rings. The second kappa shape index (κ2) is 11.1. The highest BCUT2D eigenvalue weighted by Crippen LogP contribution is 2.26. The van der Waals surface area contributed by atoms with Gasteiger partial charge in [-0.15, -0.1) is 0 Å². The Labute approximate surface area is 233 Å². The predicted octanol–water partition coefficient (Wildman–Crippen LogP) is 4.29. The lowest BCUT2D eigenvalue weighted by Crippen LogP contribution is -2.28. The van der Waals surface area contributed by atoms with Crippen molar-refractivity contribution in [3.8, 4) is 22.7 Å². The Bertz CT molecular complexity index is 1950. The summed E-state index contributed by atoms with van der Waals surface area (Å²) in [4.78, 5) is 30.5. The molecule has 0 radical (unpaired) electrons. The minimum atomic E-state index is -0.431. The maximum absolute atomic E-state index is 13.4. The third kappa shape index (κ3) is 5.19. The molecule has 0 spiro atoms. The predicted molar refractivity (Wildman–Crippen MR) is 156 cm³/mol. The van der Waals surface area contributed by atoms with Crippen LogP contribution in [0.3, 0.4) is 0 Å². The van der Waals surface area contributed by atoms with Crippen molar-refractivity contribution >= 4 is 22.4 Å². The summed E-state index contributed by atoms with van der Waals surface area (Å²) in [5.74, 6) is 0.790. The molecule has 0 saturated heterocycles. The number of hydrogen-bond donors (Lipinski definition) is 0. The van der Waals surface area contributed by atoms with Crippen LogP contribution in [0.5, 0.6) is 5.75 Å². The van der Waals surface area contributed by atoms with Crippen molar-refractivity contribution in [2.24, 2.45) is 0 Å². The van der Waals surface area contributed by atoms with Crippen LogP contribution in [0, 0.1) is 0 Å². The Balaban J connectivity index is 1.45. The van der Waals surface area contributed by atoms with Gasteiger partial charge in [0.1, 0.15) is 17.1 Å². The van der Waals surface area contributed by atoms with Gasteiger partial charge in [-0.2, -0.15) is 19.7 Å². The SMILES string of the molecule is CCCOc1ccc(-c2nn(-c3ccccc3)cc2C=c2sc3nc(=O)c(Cc4ccccc4)nn3c2=O)cc1. The number of thiazole rings is 1. The molecule has 0 saturated carbocycles. The van der Waals surface area contributed by atoms with E-state index in [-0.39, 0.29) is 16.2 Å².